The van der Waals surface area contributed by atoms with Crippen molar-refractivity contribution >= 4 is 25.7 Å². The summed E-state index contributed by atoms with van der Waals surface area (Å²) in [6.45, 7) is 3.56. The molecular weight excluding hydrogens is 513 g/mol. The fourth-order valence-electron chi connectivity index (χ4n) is 3.92. The van der Waals surface area contributed by atoms with Crippen LogP contribution in [-0.2, 0) is 32.9 Å². The van der Waals surface area contributed by atoms with Crippen molar-refractivity contribution in [2.24, 2.45) is 0 Å². The summed E-state index contributed by atoms with van der Waals surface area (Å²) in [6, 6.07) is 0. The average molecular weight is 566 g/mol. The maximum atomic E-state index is 12.1. The van der Waals surface area contributed by atoms with Crippen LogP contribution in [0.5, 0.6) is 0 Å². The molecule has 38 heavy (non-hydrogen) atoms. The third-order valence-electron chi connectivity index (χ3n) is 6.07. The highest BCUT2D eigenvalue weighted by Crippen LogP contribution is 2.35. The molecule has 1 atom stereocenters. The van der Waals surface area contributed by atoms with E-state index in [1.807, 2.05) is 0 Å². The van der Waals surface area contributed by atoms with Crippen LogP contribution in [0.25, 0.3) is 0 Å². The van der Waals surface area contributed by atoms with Gasteiger partial charge in [-0.15, -0.1) is 0 Å². The Hall–Kier alpha value is -1.48. The lowest BCUT2D eigenvalue weighted by Crippen LogP contribution is -2.29. The summed E-state index contributed by atoms with van der Waals surface area (Å²) in [5, 5.41) is 2.81. The smallest absolute Gasteiger partial charge is 0.462 e. The van der Waals surface area contributed by atoms with E-state index in [4.69, 9.17) is 19.3 Å². The summed E-state index contributed by atoms with van der Waals surface area (Å²) < 4.78 is 25.9. The summed E-state index contributed by atoms with van der Waals surface area (Å²) in [5.74, 6) is -0.901. The molecule has 0 aliphatic heterocycles. The van der Waals surface area contributed by atoms with E-state index in [9.17, 15) is 18.9 Å². The molecule has 0 heterocycles. The van der Waals surface area contributed by atoms with Gasteiger partial charge in [0.15, 0.2) is 6.10 Å². The van der Waals surface area contributed by atoms with Gasteiger partial charge in [-0.3, -0.25) is 18.9 Å². The molecule has 0 aliphatic carbocycles. The lowest BCUT2D eigenvalue weighted by Gasteiger charge is -2.18. The molecule has 0 fully saturated rings. The Morgan fingerprint density at radius 2 is 1.18 bits per heavy atom. The SMILES string of the molecule is CCCCCCCC(=O)O[C@@H](COC(=O)CCCCCCCCCCCCCNC(C)=O)COP(=O)(O)O. The highest BCUT2D eigenvalue weighted by Gasteiger charge is 2.22. The van der Waals surface area contributed by atoms with E-state index in [-0.39, 0.29) is 25.4 Å². The van der Waals surface area contributed by atoms with E-state index >= 15 is 0 Å². The number of amides is 1. The van der Waals surface area contributed by atoms with Crippen LogP contribution < -0.4 is 5.32 Å². The molecule has 10 nitrogen and oxygen atoms in total. The Bertz CT molecular complexity index is 669. The molecule has 0 saturated carbocycles. The molecule has 0 spiro atoms. The van der Waals surface area contributed by atoms with Crippen LogP contribution in [-0.4, -0.2) is 53.5 Å². The molecule has 0 bridgehead atoms. The fourth-order valence-corrected chi connectivity index (χ4v) is 4.28. The zero-order chi connectivity index (χ0) is 28.5. The minimum atomic E-state index is -4.74. The number of rotatable bonds is 26. The van der Waals surface area contributed by atoms with E-state index in [1.54, 1.807) is 0 Å². The lowest BCUT2D eigenvalue weighted by molar-refractivity contribution is -0.161. The maximum Gasteiger partial charge on any atom is 0.469 e. The highest BCUT2D eigenvalue weighted by molar-refractivity contribution is 7.46. The molecule has 0 aliphatic rings. The van der Waals surface area contributed by atoms with Crippen molar-refractivity contribution in [1.82, 2.24) is 5.32 Å². The second-order valence-electron chi connectivity index (χ2n) is 9.87. The van der Waals surface area contributed by atoms with E-state index in [0.717, 1.165) is 64.3 Å². The van der Waals surface area contributed by atoms with Crippen molar-refractivity contribution in [3.8, 4) is 0 Å². The number of phosphoric ester groups is 1. The van der Waals surface area contributed by atoms with Gasteiger partial charge in [0.2, 0.25) is 5.91 Å². The minimum absolute atomic E-state index is 0.0306. The van der Waals surface area contributed by atoms with Crippen LogP contribution in [0.4, 0.5) is 0 Å². The van der Waals surface area contributed by atoms with Crippen LogP contribution in [0.2, 0.25) is 0 Å². The lowest BCUT2D eigenvalue weighted by atomic mass is 10.1. The number of ether oxygens (including phenoxy) is 2. The van der Waals surface area contributed by atoms with Gasteiger partial charge in [-0.2, -0.15) is 0 Å². The zero-order valence-electron chi connectivity index (χ0n) is 23.6. The first kappa shape index (κ1) is 36.5. The predicted octanol–water partition coefficient (Wildman–Crippen LogP) is 5.73. The summed E-state index contributed by atoms with van der Waals surface area (Å²) in [4.78, 5) is 52.8. The van der Waals surface area contributed by atoms with Gasteiger partial charge in [0.25, 0.3) is 0 Å². The van der Waals surface area contributed by atoms with Gasteiger partial charge in [-0.1, -0.05) is 90.4 Å². The van der Waals surface area contributed by atoms with Gasteiger partial charge in [0.05, 0.1) is 6.61 Å². The fraction of sp³-hybridized carbons (Fsp3) is 0.889. The van der Waals surface area contributed by atoms with Gasteiger partial charge < -0.3 is 24.6 Å². The second-order valence-corrected chi connectivity index (χ2v) is 11.1. The van der Waals surface area contributed by atoms with Crippen LogP contribution in [0.1, 0.15) is 129 Å². The third kappa shape index (κ3) is 27.6. The number of hydrogen-bond donors (Lipinski definition) is 3. The topological polar surface area (TPSA) is 148 Å². The molecule has 3 N–H and O–H groups in total. The predicted molar refractivity (Wildman–Crippen MR) is 146 cm³/mol. The molecule has 0 saturated heterocycles. The van der Waals surface area contributed by atoms with Crippen LogP contribution >= 0.6 is 7.82 Å². The summed E-state index contributed by atoms with van der Waals surface area (Å²) in [5.41, 5.74) is 0. The second kappa shape index (κ2) is 24.6. The Morgan fingerprint density at radius 1 is 0.711 bits per heavy atom. The molecule has 224 valence electrons. The summed E-state index contributed by atoms with van der Waals surface area (Å²) in [6.07, 6.45) is 16.2. The van der Waals surface area contributed by atoms with Crippen LogP contribution in [0, 0.1) is 0 Å². The first-order chi connectivity index (χ1) is 18.1. The number of carbonyl (C=O) groups excluding carboxylic acids is 3. The van der Waals surface area contributed by atoms with E-state index in [1.165, 1.54) is 39.0 Å². The summed E-state index contributed by atoms with van der Waals surface area (Å²) >= 11 is 0. The summed E-state index contributed by atoms with van der Waals surface area (Å²) in [7, 11) is -4.74. The first-order valence-electron chi connectivity index (χ1n) is 14.4. The van der Waals surface area contributed by atoms with Crippen molar-refractivity contribution in [2.45, 2.75) is 136 Å². The van der Waals surface area contributed by atoms with Crippen molar-refractivity contribution < 1.29 is 42.7 Å². The Labute approximate surface area is 229 Å². The zero-order valence-corrected chi connectivity index (χ0v) is 24.5. The molecular formula is C27H52NO9P. The van der Waals surface area contributed by atoms with E-state index < -0.39 is 32.5 Å². The Morgan fingerprint density at radius 3 is 1.68 bits per heavy atom. The van der Waals surface area contributed by atoms with E-state index in [2.05, 4.69) is 16.8 Å². The molecule has 0 unspecified atom stereocenters. The van der Waals surface area contributed by atoms with E-state index in [0.29, 0.717) is 12.8 Å². The monoisotopic (exact) mass is 565 g/mol. The number of esters is 2. The molecule has 1 amide bonds. The first-order valence-corrected chi connectivity index (χ1v) is 16.0. The van der Waals surface area contributed by atoms with Gasteiger partial charge in [0, 0.05) is 26.3 Å². The van der Waals surface area contributed by atoms with Crippen LogP contribution in [0.3, 0.4) is 0 Å². The molecule has 0 radical (unpaired) electrons. The van der Waals surface area contributed by atoms with Gasteiger partial charge in [0.1, 0.15) is 6.61 Å². The normalized spacial score (nSPS) is 12.2. The van der Waals surface area contributed by atoms with Crippen molar-refractivity contribution in [1.29, 1.82) is 0 Å². The quantitative estimate of drug-likeness (QED) is 0.0679. The van der Waals surface area contributed by atoms with Crippen LogP contribution in [0.15, 0.2) is 0 Å². The van der Waals surface area contributed by atoms with Gasteiger partial charge >= 0.3 is 19.8 Å². The van der Waals surface area contributed by atoms with Gasteiger partial charge in [-0.05, 0) is 19.3 Å². The number of carbonyl (C=O) groups is 3. The third-order valence-corrected chi connectivity index (χ3v) is 6.56. The molecule has 0 aromatic heterocycles. The average Bonchev–Trinajstić information content (AvgIpc) is 2.85. The number of hydrogen-bond acceptors (Lipinski definition) is 7. The van der Waals surface area contributed by atoms with Crippen molar-refractivity contribution in [2.75, 3.05) is 19.8 Å². The standard InChI is InChI=1S/C27H52NO9P/c1-3-4-5-13-17-20-27(31)37-25(23-36-38(32,33)34)22-35-26(30)19-16-14-11-9-7-6-8-10-12-15-18-21-28-24(2)29/h25H,3-23H2,1-2H3,(H,28,29)(H2,32,33,34)/t25-/m0/s1. The minimum Gasteiger partial charge on any atom is -0.462 e. The number of unbranched alkanes of at least 4 members (excludes halogenated alkanes) is 14. The molecule has 0 rings (SSSR count). The molecule has 11 heteroatoms. The highest BCUT2D eigenvalue weighted by atomic mass is 31.2. The maximum absolute atomic E-state index is 12.1. The van der Waals surface area contributed by atoms with Crippen molar-refractivity contribution in [3.63, 3.8) is 0 Å². The molecule has 0 aromatic carbocycles. The van der Waals surface area contributed by atoms with Gasteiger partial charge in [-0.25, -0.2) is 4.57 Å². The largest absolute Gasteiger partial charge is 0.469 e. The Kier molecular flexibility index (Phi) is 23.6. The number of phosphoric acid groups is 1. The number of nitrogens with one attached hydrogen (secondary N) is 1. The Balaban J connectivity index is 3.90. The molecule has 0 aromatic rings. The van der Waals surface area contributed by atoms with Crippen molar-refractivity contribution in [3.05, 3.63) is 0 Å².